The average molecular weight is 325 g/mol. The molecule has 0 radical (unpaired) electrons. The quantitative estimate of drug-likeness (QED) is 0.836. The predicted molar refractivity (Wildman–Crippen MR) is 87.0 cm³/mol. The highest BCUT2D eigenvalue weighted by atomic mass is 32.2. The van der Waals surface area contributed by atoms with Crippen molar-refractivity contribution in [2.24, 2.45) is 5.92 Å². The van der Waals surface area contributed by atoms with Gasteiger partial charge in [0, 0.05) is 10.6 Å². The minimum atomic E-state index is -0.946. The first-order valence-corrected chi connectivity index (χ1v) is 8.36. The van der Waals surface area contributed by atoms with E-state index in [-0.39, 0.29) is 11.3 Å². The van der Waals surface area contributed by atoms with Gasteiger partial charge in [-0.2, -0.15) is 0 Å². The molecule has 4 nitrogen and oxygen atoms in total. The highest BCUT2D eigenvalue weighted by Crippen LogP contribution is 2.35. The van der Waals surface area contributed by atoms with Crippen LogP contribution in [0.15, 0.2) is 29.2 Å². The Bertz CT molecular complexity index is 547. The molecular formula is C15H19NO3S2. The van der Waals surface area contributed by atoms with Crippen molar-refractivity contribution in [3.05, 3.63) is 29.8 Å². The maximum absolute atomic E-state index is 12.8. The topological polar surface area (TPSA) is 57.6 Å². The minimum absolute atomic E-state index is 0.0912. The molecular weight excluding hydrogens is 306 g/mol. The highest BCUT2D eigenvalue weighted by Gasteiger charge is 2.42. The fraction of sp³-hybridized carbons (Fsp3) is 0.467. The molecule has 0 saturated carbocycles. The number of amides is 1. The van der Waals surface area contributed by atoms with Crippen LogP contribution in [0.2, 0.25) is 0 Å². The molecule has 114 valence electrons. The minimum Gasteiger partial charge on any atom is -0.480 e. The molecule has 0 unspecified atom stereocenters. The lowest BCUT2D eigenvalue weighted by atomic mass is 10.1. The Hall–Kier alpha value is -1.14. The fourth-order valence-corrected chi connectivity index (χ4v) is 4.29. The van der Waals surface area contributed by atoms with E-state index < -0.39 is 12.0 Å². The van der Waals surface area contributed by atoms with E-state index in [0.717, 1.165) is 6.42 Å². The lowest BCUT2D eigenvalue weighted by Crippen LogP contribution is -2.46. The number of carboxylic acid groups (broad SMARTS) is 1. The van der Waals surface area contributed by atoms with Crippen LogP contribution in [0.3, 0.4) is 0 Å². The van der Waals surface area contributed by atoms with E-state index in [0.29, 0.717) is 22.1 Å². The number of carbonyl (C=O) groups is 2. The molecule has 2 rings (SSSR count). The van der Waals surface area contributed by atoms with Gasteiger partial charge < -0.3 is 10.0 Å². The molecule has 1 N–H and O–H groups in total. The molecule has 1 aliphatic rings. The molecule has 1 aromatic rings. The number of nitrogens with zero attached hydrogens (tertiary/aromatic N) is 1. The van der Waals surface area contributed by atoms with Crippen molar-refractivity contribution < 1.29 is 14.7 Å². The Morgan fingerprint density at radius 1 is 1.43 bits per heavy atom. The summed E-state index contributed by atoms with van der Waals surface area (Å²) in [7, 11) is 0. The van der Waals surface area contributed by atoms with Crippen LogP contribution in [0.4, 0.5) is 0 Å². The van der Waals surface area contributed by atoms with Crippen LogP contribution in [0.5, 0.6) is 0 Å². The molecule has 1 aliphatic heterocycles. The normalized spacial score (nSPS) is 21.8. The van der Waals surface area contributed by atoms with Gasteiger partial charge in [0.2, 0.25) is 0 Å². The van der Waals surface area contributed by atoms with E-state index in [9.17, 15) is 14.7 Å². The maximum atomic E-state index is 12.8. The van der Waals surface area contributed by atoms with Gasteiger partial charge in [-0.1, -0.05) is 26.0 Å². The van der Waals surface area contributed by atoms with Crippen molar-refractivity contribution in [2.45, 2.75) is 36.6 Å². The lowest BCUT2D eigenvalue weighted by Gasteiger charge is -2.28. The van der Waals surface area contributed by atoms with Gasteiger partial charge in [-0.15, -0.1) is 24.4 Å². The molecule has 21 heavy (non-hydrogen) atoms. The number of hydrogen-bond donors (Lipinski definition) is 2. The van der Waals surface area contributed by atoms with Crippen LogP contribution in [0.1, 0.15) is 30.6 Å². The Labute approximate surface area is 134 Å². The molecule has 0 aromatic heterocycles. The van der Waals surface area contributed by atoms with Crippen molar-refractivity contribution in [2.75, 3.05) is 5.75 Å². The van der Waals surface area contributed by atoms with Crippen molar-refractivity contribution in [3.8, 4) is 0 Å². The van der Waals surface area contributed by atoms with Gasteiger partial charge in [0.05, 0.1) is 10.9 Å². The zero-order valence-electron chi connectivity index (χ0n) is 12.0. The summed E-state index contributed by atoms with van der Waals surface area (Å²) < 4.78 is 0. The molecule has 1 aromatic carbocycles. The predicted octanol–water partition coefficient (Wildman–Crippen LogP) is 2.99. The first-order chi connectivity index (χ1) is 9.91. The maximum Gasteiger partial charge on any atom is 0.327 e. The summed E-state index contributed by atoms with van der Waals surface area (Å²) in [5.41, 5.74) is 0.461. The average Bonchev–Trinajstić information content (AvgIpc) is 2.81. The zero-order chi connectivity index (χ0) is 15.6. The Morgan fingerprint density at radius 2 is 2.10 bits per heavy atom. The summed E-state index contributed by atoms with van der Waals surface area (Å²) in [4.78, 5) is 26.3. The third-order valence-electron chi connectivity index (χ3n) is 3.42. The number of carbonyl (C=O) groups excluding carboxylic acids is 1. The van der Waals surface area contributed by atoms with E-state index in [1.165, 1.54) is 4.90 Å². The number of rotatable bonds is 4. The van der Waals surface area contributed by atoms with E-state index in [1.807, 2.05) is 0 Å². The van der Waals surface area contributed by atoms with E-state index >= 15 is 0 Å². The van der Waals surface area contributed by atoms with Crippen LogP contribution >= 0.6 is 24.4 Å². The molecule has 1 saturated heterocycles. The first kappa shape index (κ1) is 16.2. The lowest BCUT2D eigenvalue weighted by molar-refractivity contribution is -0.141. The molecule has 1 heterocycles. The summed E-state index contributed by atoms with van der Waals surface area (Å²) >= 11 is 5.85. The van der Waals surface area contributed by atoms with Crippen LogP contribution < -0.4 is 0 Å². The van der Waals surface area contributed by atoms with Crippen molar-refractivity contribution in [3.63, 3.8) is 0 Å². The van der Waals surface area contributed by atoms with Gasteiger partial charge in [-0.3, -0.25) is 4.79 Å². The van der Waals surface area contributed by atoms with Crippen LogP contribution in [0, 0.1) is 5.92 Å². The standard InChI is InChI=1S/C15H19NO3S2/c1-9(2)7-13-16(11(8-21-13)15(18)19)14(17)10-5-3-4-6-12(10)20/h3-6,9,11,13,20H,7-8H2,1-2H3,(H,18,19)/t11-,13+/m0/s1. The largest absolute Gasteiger partial charge is 0.480 e. The van der Waals surface area contributed by atoms with Gasteiger partial charge in [-0.05, 0) is 24.5 Å². The van der Waals surface area contributed by atoms with Gasteiger partial charge in [0.25, 0.3) is 5.91 Å². The molecule has 0 aliphatic carbocycles. The van der Waals surface area contributed by atoms with Gasteiger partial charge >= 0.3 is 5.97 Å². The number of carboxylic acids is 1. The number of benzene rings is 1. The van der Waals surface area contributed by atoms with Crippen LogP contribution in [0.25, 0.3) is 0 Å². The number of thioether (sulfide) groups is 1. The summed E-state index contributed by atoms with van der Waals surface area (Å²) in [5, 5.41) is 9.28. The molecule has 6 heteroatoms. The van der Waals surface area contributed by atoms with Gasteiger partial charge in [0.1, 0.15) is 6.04 Å². The number of aliphatic carboxylic acids is 1. The molecule has 0 spiro atoms. The summed E-state index contributed by atoms with van der Waals surface area (Å²) in [6.45, 7) is 4.15. The molecule has 2 atom stereocenters. The number of hydrogen-bond acceptors (Lipinski definition) is 4. The van der Waals surface area contributed by atoms with Gasteiger partial charge in [-0.25, -0.2) is 4.79 Å². The van der Waals surface area contributed by atoms with E-state index in [1.54, 1.807) is 36.0 Å². The second-order valence-corrected chi connectivity index (χ2v) is 7.19. The van der Waals surface area contributed by atoms with Crippen molar-refractivity contribution >= 4 is 36.3 Å². The summed E-state index contributed by atoms with van der Waals surface area (Å²) in [6, 6.07) is 6.24. The van der Waals surface area contributed by atoms with Crippen molar-refractivity contribution in [1.82, 2.24) is 4.90 Å². The zero-order valence-corrected chi connectivity index (χ0v) is 13.7. The second-order valence-electron chi connectivity index (χ2n) is 5.50. The second kappa shape index (κ2) is 6.75. The van der Waals surface area contributed by atoms with E-state index in [4.69, 9.17) is 0 Å². The Balaban J connectivity index is 2.32. The fourth-order valence-electron chi connectivity index (χ4n) is 2.40. The van der Waals surface area contributed by atoms with Crippen molar-refractivity contribution in [1.29, 1.82) is 0 Å². The summed E-state index contributed by atoms with van der Waals surface area (Å²) in [6.07, 6.45) is 0.787. The van der Waals surface area contributed by atoms with Gasteiger partial charge in [0.15, 0.2) is 0 Å². The number of thiol groups is 1. The molecule has 0 bridgehead atoms. The van der Waals surface area contributed by atoms with E-state index in [2.05, 4.69) is 26.5 Å². The smallest absolute Gasteiger partial charge is 0.327 e. The summed E-state index contributed by atoms with van der Waals surface area (Å²) in [5.74, 6) is -0.355. The third kappa shape index (κ3) is 3.55. The van der Waals surface area contributed by atoms with Crippen LogP contribution in [-0.4, -0.2) is 39.1 Å². The third-order valence-corrected chi connectivity index (χ3v) is 5.12. The Kier molecular flexibility index (Phi) is 5.22. The molecule has 1 amide bonds. The first-order valence-electron chi connectivity index (χ1n) is 6.87. The Morgan fingerprint density at radius 3 is 2.67 bits per heavy atom. The SMILES string of the molecule is CC(C)C[C@H]1SC[C@@H](C(=O)O)N1C(=O)c1ccccc1S. The highest BCUT2D eigenvalue weighted by molar-refractivity contribution is 8.00. The monoisotopic (exact) mass is 325 g/mol. The van der Waals surface area contributed by atoms with Crippen LogP contribution in [-0.2, 0) is 4.79 Å². The molecule has 1 fully saturated rings.